The van der Waals surface area contributed by atoms with Gasteiger partial charge in [0.2, 0.25) is 0 Å². The van der Waals surface area contributed by atoms with E-state index in [0.29, 0.717) is 0 Å². The zero-order chi connectivity index (χ0) is 23.5. The number of carbonyl (C=O) groups is 1. The standard InChI is InChI=1S/C20H13ClF4N2O4S/c21-18-10-9-16(32(29,30)27-14-3-1-12(22)2-4-14)11-17(18)19(28)26-13-5-7-15(8-6-13)31-20(23,24)25/h1-11,27H,(H,26,28). The average Bonchev–Trinajstić information content (AvgIpc) is 2.70. The number of halogens is 5. The van der Waals surface area contributed by atoms with E-state index in [0.717, 1.165) is 30.3 Å². The number of benzene rings is 3. The van der Waals surface area contributed by atoms with E-state index in [-0.39, 0.29) is 26.9 Å². The van der Waals surface area contributed by atoms with E-state index >= 15 is 0 Å². The first kappa shape index (κ1) is 23.4. The predicted molar refractivity (Wildman–Crippen MR) is 110 cm³/mol. The van der Waals surface area contributed by atoms with Gasteiger partial charge in [-0.15, -0.1) is 13.2 Å². The van der Waals surface area contributed by atoms with Crippen LogP contribution in [0, 0.1) is 5.82 Å². The summed E-state index contributed by atoms with van der Waals surface area (Å²) in [5.41, 5.74) is 0.0380. The quantitative estimate of drug-likeness (QED) is 0.453. The highest BCUT2D eigenvalue weighted by atomic mass is 35.5. The number of sulfonamides is 1. The fourth-order valence-corrected chi connectivity index (χ4v) is 3.80. The van der Waals surface area contributed by atoms with Crippen LogP contribution >= 0.6 is 11.6 Å². The fourth-order valence-electron chi connectivity index (χ4n) is 2.52. The summed E-state index contributed by atoms with van der Waals surface area (Å²) in [6.07, 6.45) is -4.85. The van der Waals surface area contributed by atoms with Crippen LogP contribution in [0.3, 0.4) is 0 Å². The van der Waals surface area contributed by atoms with Gasteiger partial charge < -0.3 is 10.1 Å². The zero-order valence-electron chi connectivity index (χ0n) is 15.8. The molecular weight excluding hydrogens is 476 g/mol. The third kappa shape index (κ3) is 6.11. The van der Waals surface area contributed by atoms with E-state index in [9.17, 15) is 30.8 Å². The Kier molecular flexibility index (Phi) is 6.60. The minimum atomic E-state index is -4.85. The van der Waals surface area contributed by atoms with Crippen molar-refractivity contribution in [3.63, 3.8) is 0 Å². The van der Waals surface area contributed by atoms with Gasteiger partial charge in [-0.25, -0.2) is 12.8 Å². The number of alkyl halides is 3. The molecule has 0 atom stereocenters. The first-order valence-electron chi connectivity index (χ1n) is 8.68. The lowest BCUT2D eigenvalue weighted by atomic mass is 10.2. The molecule has 0 spiro atoms. The number of nitrogens with one attached hydrogen (secondary N) is 2. The summed E-state index contributed by atoms with van der Waals surface area (Å²) in [6.45, 7) is 0. The molecule has 32 heavy (non-hydrogen) atoms. The van der Waals surface area contributed by atoms with Gasteiger partial charge in [-0.05, 0) is 66.7 Å². The smallest absolute Gasteiger partial charge is 0.406 e. The Morgan fingerprint density at radius 3 is 2.09 bits per heavy atom. The Morgan fingerprint density at radius 1 is 0.906 bits per heavy atom. The molecule has 3 aromatic carbocycles. The SMILES string of the molecule is O=C(Nc1ccc(OC(F)(F)F)cc1)c1cc(S(=O)(=O)Nc2ccc(F)cc2)ccc1Cl. The molecule has 0 saturated carbocycles. The van der Waals surface area contributed by atoms with Crippen LogP contribution < -0.4 is 14.8 Å². The molecule has 168 valence electrons. The van der Waals surface area contributed by atoms with Gasteiger partial charge in [0.25, 0.3) is 15.9 Å². The maximum atomic E-state index is 13.0. The summed E-state index contributed by atoms with van der Waals surface area (Å²) in [7, 11) is -4.13. The molecule has 0 unspecified atom stereocenters. The molecule has 0 saturated heterocycles. The normalized spacial score (nSPS) is 11.7. The maximum absolute atomic E-state index is 13.0. The van der Waals surface area contributed by atoms with Crippen LogP contribution in [0.1, 0.15) is 10.4 Å². The minimum Gasteiger partial charge on any atom is -0.406 e. The summed E-state index contributed by atoms with van der Waals surface area (Å²) >= 11 is 6.02. The Labute approximate surface area is 184 Å². The molecule has 0 aliphatic rings. The second-order valence-corrected chi connectivity index (χ2v) is 8.37. The number of hydrogen-bond donors (Lipinski definition) is 2. The van der Waals surface area contributed by atoms with Gasteiger partial charge in [-0.3, -0.25) is 9.52 Å². The number of rotatable bonds is 6. The molecule has 6 nitrogen and oxygen atoms in total. The number of hydrogen-bond acceptors (Lipinski definition) is 4. The van der Waals surface area contributed by atoms with E-state index in [4.69, 9.17) is 11.6 Å². The molecule has 0 aliphatic heterocycles. The van der Waals surface area contributed by atoms with Gasteiger partial charge in [0, 0.05) is 11.4 Å². The molecule has 1 amide bonds. The lowest BCUT2D eigenvalue weighted by Gasteiger charge is -2.12. The van der Waals surface area contributed by atoms with Gasteiger partial charge in [0.1, 0.15) is 11.6 Å². The highest BCUT2D eigenvalue weighted by Gasteiger charge is 2.31. The third-order valence-corrected chi connectivity index (χ3v) is 5.64. The van der Waals surface area contributed by atoms with Crippen molar-refractivity contribution in [2.45, 2.75) is 11.3 Å². The number of ether oxygens (including phenoxy) is 1. The predicted octanol–water partition coefficient (Wildman–Crippen LogP) is 5.43. The van der Waals surface area contributed by atoms with E-state index in [1.54, 1.807) is 0 Å². The fraction of sp³-hybridized carbons (Fsp3) is 0.0500. The van der Waals surface area contributed by atoms with E-state index < -0.39 is 33.9 Å². The molecule has 0 aromatic heterocycles. The Balaban J connectivity index is 1.78. The average molecular weight is 489 g/mol. The molecule has 0 aliphatic carbocycles. The van der Waals surface area contributed by atoms with Gasteiger partial charge in [-0.1, -0.05) is 11.6 Å². The van der Waals surface area contributed by atoms with Crippen molar-refractivity contribution in [1.82, 2.24) is 0 Å². The second kappa shape index (κ2) is 9.05. The largest absolute Gasteiger partial charge is 0.573 e. The molecular formula is C20H13ClF4N2O4S. The van der Waals surface area contributed by atoms with Crippen LogP contribution in [-0.4, -0.2) is 20.7 Å². The lowest BCUT2D eigenvalue weighted by Crippen LogP contribution is -2.17. The van der Waals surface area contributed by atoms with E-state index in [1.807, 2.05) is 0 Å². The highest BCUT2D eigenvalue weighted by Crippen LogP contribution is 2.26. The lowest BCUT2D eigenvalue weighted by molar-refractivity contribution is -0.274. The minimum absolute atomic E-state index is 0.0553. The van der Waals surface area contributed by atoms with Crippen LogP contribution in [0.25, 0.3) is 0 Å². The molecule has 0 fully saturated rings. The van der Waals surface area contributed by atoms with Crippen molar-refractivity contribution in [3.05, 3.63) is 83.1 Å². The topological polar surface area (TPSA) is 84.5 Å². The summed E-state index contributed by atoms with van der Waals surface area (Å²) in [4.78, 5) is 12.3. The van der Waals surface area contributed by atoms with Crippen molar-refractivity contribution in [2.75, 3.05) is 10.0 Å². The number of carbonyl (C=O) groups excluding carboxylic acids is 1. The van der Waals surface area contributed by atoms with Gasteiger partial charge in [0.05, 0.1) is 15.5 Å². The van der Waals surface area contributed by atoms with E-state index in [2.05, 4.69) is 14.8 Å². The summed E-state index contributed by atoms with van der Waals surface area (Å²) in [5, 5.41) is 2.35. The van der Waals surface area contributed by atoms with Crippen molar-refractivity contribution in [2.24, 2.45) is 0 Å². The van der Waals surface area contributed by atoms with Crippen molar-refractivity contribution < 1.29 is 35.5 Å². The van der Waals surface area contributed by atoms with Crippen LogP contribution in [0.15, 0.2) is 71.6 Å². The van der Waals surface area contributed by atoms with Crippen LogP contribution in [0.4, 0.5) is 28.9 Å². The summed E-state index contributed by atoms with van der Waals surface area (Å²) < 4.78 is 80.9. The first-order valence-corrected chi connectivity index (χ1v) is 10.5. The molecule has 2 N–H and O–H groups in total. The summed E-state index contributed by atoms with van der Waals surface area (Å²) in [5.74, 6) is -1.82. The monoisotopic (exact) mass is 488 g/mol. The molecule has 0 heterocycles. The third-order valence-electron chi connectivity index (χ3n) is 3.93. The molecule has 3 rings (SSSR count). The zero-order valence-corrected chi connectivity index (χ0v) is 17.4. The highest BCUT2D eigenvalue weighted by molar-refractivity contribution is 7.92. The Bertz CT molecular complexity index is 1230. The molecule has 0 bridgehead atoms. The number of anilines is 2. The van der Waals surface area contributed by atoms with Crippen molar-refractivity contribution >= 4 is 38.9 Å². The second-order valence-electron chi connectivity index (χ2n) is 6.28. The van der Waals surface area contributed by atoms with Crippen LogP contribution in [0.2, 0.25) is 5.02 Å². The van der Waals surface area contributed by atoms with Crippen molar-refractivity contribution in [3.8, 4) is 5.75 Å². The maximum Gasteiger partial charge on any atom is 0.573 e. The number of amides is 1. The molecule has 0 radical (unpaired) electrons. The van der Waals surface area contributed by atoms with Crippen molar-refractivity contribution in [1.29, 1.82) is 0 Å². The first-order chi connectivity index (χ1) is 14.9. The molecule has 12 heteroatoms. The summed E-state index contributed by atoms with van der Waals surface area (Å²) in [6, 6.07) is 12.3. The van der Waals surface area contributed by atoms with Crippen LogP contribution in [-0.2, 0) is 10.0 Å². The van der Waals surface area contributed by atoms with Gasteiger partial charge in [0.15, 0.2) is 0 Å². The van der Waals surface area contributed by atoms with Gasteiger partial charge in [-0.2, -0.15) is 0 Å². The van der Waals surface area contributed by atoms with E-state index in [1.165, 1.54) is 36.4 Å². The molecule has 3 aromatic rings. The Hall–Kier alpha value is -3.31. The Morgan fingerprint density at radius 2 is 1.50 bits per heavy atom. The van der Waals surface area contributed by atoms with Crippen LogP contribution in [0.5, 0.6) is 5.75 Å². The van der Waals surface area contributed by atoms with Gasteiger partial charge >= 0.3 is 6.36 Å².